The minimum Gasteiger partial charge on any atom is -0.291 e. The average molecular weight is 242 g/mol. The van der Waals surface area contributed by atoms with E-state index < -0.39 is 11.4 Å². The van der Waals surface area contributed by atoms with Gasteiger partial charge in [0.2, 0.25) is 0 Å². The maximum atomic E-state index is 11.8. The average Bonchev–Trinajstić information content (AvgIpc) is 2.81. The summed E-state index contributed by atoms with van der Waals surface area (Å²) in [5.41, 5.74) is 1.02. The fourth-order valence-electron chi connectivity index (χ4n) is 1.79. The lowest BCUT2D eigenvalue weighted by atomic mass is 10.2. The van der Waals surface area contributed by atoms with E-state index in [-0.39, 0.29) is 0 Å². The molecule has 0 atom stereocenters. The SMILES string of the molecule is Cn1c(=O)[nH]c2cc(-c3ccccc3)nn2c1=O. The zero-order valence-corrected chi connectivity index (χ0v) is 9.62. The molecular formula is C12H10N4O2. The molecular weight excluding hydrogens is 232 g/mol. The van der Waals surface area contributed by atoms with Crippen LogP contribution in [-0.4, -0.2) is 19.2 Å². The van der Waals surface area contributed by atoms with Gasteiger partial charge in [0.15, 0.2) is 0 Å². The van der Waals surface area contributed by atoms with Crippen LogP contribution in [0.5, 0.6) is 0 Å². The predicted octanol–water partition coefficient (Wildman–Crippen LogP) is 0.388. The number of aromatic nitrogens is 4. The Morgan fingerprint density at radius 3 is 2.61 bits per heavy atom. The van der Waals surface area contributed by atoms with E-state index in [0.717, 1.165) is 10.1 Å². The van der Waals surface area contributed by atoms with Gasteiger partial charge in [-0.05, 0) is 0 Å². The molecule has 3 rings (SSSR count). The Hall–Kier alpha value is -2.63. The van der Waals surface area contributed by atoms with Gasteiger partial charge in [0.25, 0.3) is 0 Å². The van der Waals surface area contributed by atoms with Crippen molar-refractivity contribution < 1.29 is 0 Å². The second kappa shape index (κ2) is 3.69. The molecule has 0 aliphatic rings. The Morgan fingerprint density at radius 2 is 1.89 bits per heavy atom. The standard InChI is InChI=1S/C12H10N4O2/c1-15-11(17)13-10-7-9(14-16(10)12(15)18)8-5-3-2-4-6-8/h2-7H,1H3,(H,13,17). The van der Waals surface area contributed by atoms with Gasteiger partial charge in [-0.15, -0.1) is 0 Å². The van der Waals surface area contributed by atoms with Crippen LogP contribution in [0.2, 0.25) is 0 Å². The van der Waals surface area contributed by atoms with E-state index in [1.807, 2.05) is 30.3 Å². The number of aromatic amines is 1. The van der Waals surface area contributed by atoms with Gasteiger partial charge in [0.1, 0.15) is 5.65 Å². The number of hydrogen-bond acceptors (Lipinski definition) is 3. The summed E-state index contributed by atoms with van der Waals surface area (Å²) in [6, 6.07) is 11.1. The summed E-state index contributed by atoms with van der Waals surface area (Å²) in [5.74, 6) is 0. The molecule has 3 aromatic rings. The van der Waals surface area contributed by atoms with Crippen molar-refractivity contribution >= 4 is 5.65 Å². The molecule has 0 amide bonds. The molecule has 0 aliphatic carbocycles. The van der Waals surface area contributed by atoms with Crippen molar-refractivity contribution in [3.05, 3.63) is 57.4 Å². The third-order valence-electron chi connectivity index (χ3n) is 2.79. The number of fused-ring (bicyclic) bond motifs is 1. The van der Waals surface area contributed by atoms with Gasteiger partial charge in [0.05, 0.1) is 5.69 Å². The van der Waals surface area contributed by atoms with Gasteiger partial charge < -0.3 is 0 Å². The van der Waals surface area contributed by atoms with Crippen LogP contribution in [0.1, 0.15) is 0 Å². The lowest BCUT2D eigenvalue weighted by Crippen LogP contribution is -2.37. The maximum Gasteiger partial charge on any atom is 0.354 e. The van der Waals surface area contributed by atoms with Crippen molar-refractivity contribution in [2.24, 2.45) is 7.05 Å². The van der Waals surface area contributed by atoms with E-state index in [0.29, 0.717) is 11.3 Å². The second-order valence-corrected chi connectivity index (χ2v) is 3.96. The summed E-state index contributed by atoms with van der Waals surface area (Å²) in [6.45, 7) is 0. The number of nitrogens with one attached hydrogen (secondary N) is 1. The highest BCUT2D eigenvalue weighted by Crippen LogP contribution is 2.16. The molecule has 6 nitrogen and oxygen atoms in total. The Balaban J connectivity index is 2.34. The van der Waals surface area contributed by atoms with Gasteiger partial charge in [-0.2, -0.15) is 9.61 Å². The number of hydrogen-bond donors (Lipinski definition) is 1. The molecule has 2 aromatic heterocycles. The second-order valence-electron chi connectivity index (χ2n) is 3.96. The fourth-order valence-corrected chi connectivity index (χ4v) is 1.79. The van der Waals surface area contributed by atoms with Crippen LogP contribution in [0.25, 0.3) is 16.9 Å². The fraction of sp³-hybridized carbons (Fsp3) is 0.0833. The van der Waals surface area contributed by atoms with Crippen molar-refractivity contribution in [2.75, 3.05) is 0 Å². The van der Waals surface area contributed by atoms with Crippen molar-refractivity contribution in [1.29, 1.82) is 0 Å². The first-order chi connectivity index (χ1) is 8.66. The third-order valence-corrected chi connectivity index (χ3v) is 2.79. The van der Waals surface area contributed by atoms with Gasteiger partial charge in [0, 0.05) is 18.7 Å². The number of nitrogens with zero attached hydrogens (tertiary/aromatic N) is 3. The monoisotopic (exact) mass is 242 g/mol. The van der Waals surface area contributed by atoms with E-state index in [4.69, 9.17) is 0 Å². The first-order valence-corrected chi connectivity index (χ1v) is 5.41. The smallest absolute Gasteiger partial charge is 0.291 e. The van der Waals surface area contributed by atoms with Gasteiger partial charge in [-0.1, -0.05) is 30.3 Å². The summed E-state index contributed by atoms with van der Waals surface area (Å²) in [7, 11) is 1.41. The highest BCUT2D eigenvalue weighted by Gasteiger charge is 2.09. The van der Waals surface area contributed by atoms with Crippen LogP contribution >= 0.6 is 0 Å². The highest BCUT2D eigenvalue weighted by molar-refractivity contribution is 5.63. The first kappa shape index (κ1) is 10.5. The Kier molecular flexibility index (Phi) is 2.16. The molecule has 0 saturated heterocycles. The highest BCUT2D eigenvalue weighted by atomic mass is 16.2. The number of benzene rings is 1. The summed E-state index contributed by atoms with van der Waals surface area (Å²) in [4.78, 5) is 25.9. The molecule has 6 heteroatoms. The van der Waals surface area contributed by atoms with Crippen molar-refractivity contribution in [3.8, 4) is 11.3 Å². The summed E-state index contributed by atoms with van der Waals surface area (Å²) < 4.78 is 2.17. The maximum absolute atomic E-state index is 11.8. The molecule has 1 aromatic carbocycles. The molecule has 0 unspecified atom stereocenters. The Bertz CT molecular complexity index is 827. The molecule has 0 bridgehead atoms. The number of H-pyrrole nitrogens is 1. The van der Waals surface area contributed by atoms with Gasteiger partial charge >= 0.3 is 11.4 Å². The van der Waals surface area contributed by atoms with Gasteiger partial charge in [-0.3, -0.25) is 4.98 Å². The van der Waals surface area contributed by atoms with E-state index >= 15 is 0 Å². The number of rotatable bonds is 1. The molecule has 0 radical (unpaired) electrons. The lowest BCUT2D eigenvalue weighted by Gasteiger charge is -1.95. The van der Waals surface area contributed by atoms with Crippen LogP contribution in [0, 0.1) is 0 Å². The van der Waals surface area contributed by atoms with Crippen LogP contribution in [0.3, 0.4) is 0 Å². The minimum atomic E-state index is -0.462. The zero-order valence-electron chi connectivity index (χ0n) is 9.62. The Morgan fingerprint density at radius 1 is 1.17 bits per heavy atom. The normalized spacial score (nSPS) is 10.9. The van der Waals surface area contributed by atoms with Crippen molar-refractivity contribution in [1.82, 2.24) is 19.2 Å². The van der Waals surface area contributed by atoms with Crippen LogP contribution in [0.4, 0.5) is 0 Å². The molecule has 0 spiro atoms. The first-order valence-electron chi connectivity index (χ1n) is 5.41. The molecule has 0 saturated carbocycles. The van der Waals surface area contributed by atoms with E-state index in [2.05, 4.69) is 10.1 Å². The summed E-state index contributed by atoms with van der Waals surface area (Å²) >= 11 is 0. The van der Waals surface area contributed by atoms with E-state index in [9.17, 15) is 9.59 Å². The quantitative estimate of drug-likeness (QED) is 0.671. The molecule has 90 valence electrons. The minimum absolute atomic E-state index is 0.391. The third kappa shape index (κ3) is 1.46. The summed E-state index contributed by atoms with van der Waals surface area (Å²) in [5, 5.41) is 4.20. The molecule has 18 heavy (non-hydrogen) atoms. The summed E-state index contributed by atoms with van der Waals surface area (Å²) in [6.07, 6.45) is 0. The zero-order chi connectivity index (χ0) is 12.7. The predicted molar refractivity (Wildman–Crippen MR) is 66.5 cm³/mol. The van der Waals surface area contributed by atoms with E-state index in [1.54, 1.807) is 6.07 Å². The largest absolute Gasteiger partial charge is 0.354 e. The van der Waals surface area contributed by atoms with Crippen LogP contribution in [-0.2, 0) is 7.05 Å². The van der Waals surface area contributed by atoms with Crippen molar-refractivity contribution in [3.63, 3.8) is 0 Å². The Labute approximate surface area is 101 Å². The molecule has 0 fully saturated rings. The van der Waals surface area contributed by atoms with Crippen LogP contribution in [0.15, 0.2) is 46.0 Å². The molecule has 0 aliphatic heterocycles. The topological polar surface area (TPSA) is 72.2 Å². The van der Waals surface area contributed by atoms with Crippen molar-refractivity contribution in [2.45, 2.75) is 0 Å². The van der Waals surface area contributed by atoms with Gasteiger partial charge in [-0.25, -0.2) is 14.2 Å². The lowest BCUT2D eigenvalue weighted by molar-refractivity contribution is 0.688. The molecule has 1 N–H and O–H groups in total. The molecule has 2 heterocycles. The van der Waals surface area contributed by atoms with Crippen LogP contribution < -0.4 is 11.4 Å². The van der Waals surface area contributed by atoms with E-state index in [1.165, 1.54) is 11.6 Å².